The van der Waals surface area contributed by atoms with Crippen LogP contribution in [0.1, 0.15) is 12.0 Å². The predicted octanol–water partition coefficient (Wildman–Crippen LogP) is 4.86. The van der Waals surface area contributed by atoms with Crippen LogP contribution in [0.25, 0.3) is 5.57 Å². The molecule has 0 atom stereocenters. The summed E-state index contributed by atoms with van der Waals surface area (Å²) < 4.78 is 0. The quantitative estimate of drug-likeness (QED) is 0.610. The van der Waals surface area contributed by atoms with E-state index in [1.54, 1.807) is 0 Å². The van der Waals surface area contributed by atoms with Crippen LogP contribution in [0.5, 0.6) is 0 Å². The molecule has 2 aromatic rings. The number of rotatable bonds is 5. The number of allylic oxidation sites excluding steroid dienone is 1. The number of hydrogen-bond donors (Lipinski definition) is 1. The van der Waals surface area contributed by atoms with Crippen LogP contribution in [0.4, 0.5) is 5.69 Å². The largest absolute Gasteiger partial charge is 0.385 e. The summed E-state index contributed by atoms with van der Waals surface area (Å²) in [6, 6.07) is 17.7. The summed E-state index contributed by atoms with van der Waals surface area (Å²) in [5.41, 5.74) is 3.04. The van der Waals surface area contributed by atoms with Gasteiger partial charge in [0.1, 0.15) is 0 Å². The lowest BCUT2D eigenvalue weighted by molar-refractivity contribution is 1.07. The summed E-state index contributed by atoms with van der Waals surface area (Å²) in [6.07, 6.45) is 8.51. The van der Waals surface area contributed by atoms with Gasteiger partial charge in [-0.25, -0.2) is 0 Å². The average molecular weight is 282 g/mol. The molecular formula is C18H16ClN. The predicted molar refractivity (Wildman–Crippen MR) is 87.8 cm³/mol. The second kappa shape index (κ2) is 7.43. The van der Waals surface area contributed by atoms with Crippen LogP contribution in [-0.4, -0.2) is 6.54 Å². The fraction of sp³-hybridized carbons (Fsp3) is 0.111. The van der Waals surface area contributed by atoms with Crippen molar-refractivity contribution in [2.24, 2.45) is 0 Å². The highest BCUT2D eigenvalue weighted by atomic mass is 35.5. The third-order valence-electron chi connectivity index (χ3n) is 2.91. The van der Waals surface area contributed by atoms with Crippen molar-refractivity contribution >= 4 is 22.9 Å². The van der Waals surface area contributed by atoms with Crippen LogP contribution in [0.2, 0.25) is 5.02 Å². The molecule has 0 unspecified atom stereocenters. The van der Waals surface area contributed by atoms with Crippen molar-refractivity contribution in [2.45, 2.75) is 6.42 Å². The third kappa shape index (κ3) is 4.19. The second-order valence-electron chi connectivity index (χ2n) is 4.35. The van der Waals surface area contributed by atoms with E-state index in [0.717, 1.165) is 34.8 Å². The van der Waals surface area contributed by atoms with Gasteiger partial charge in [-0.3, -0.25) is 0 Å². The molecule has 0 amide bonds. The number of hydrogen-bond acceptors (Lipinski definition) is 1. The van der Waals surface area contributed by atoms with E-state index in [1.165, 1.54) is 0 Å². The van der Waals surface area contributed by atoms with Crippen LogP contribution in [0.3, 0.4) is 0 Å². The first-order chi connectivity index (χ1) is 9.79. The van der Waals surface area contributed by atoms with Gasteiger partial charge in [-0.2, -0.15) is 0 Å². The standard InChI is InChI=1S/C18H16ClN/c1-2-15(16-10-12-17(19)13-11-16)7-6-14-20-18-8-4-3-5-9-18/h1,3-5,7-13,20H,6,14H2/b15-7+. The van der Waals surface area contributed by atoms with Gasteiger partial charge in [-0.05, 0) is 36.2 Å². The molecule has 0 fully saturated rings. The van der Waals surface area contributed by atoms with Gasteiger partial charge in [-0.1, -0.05) is 53.9 Å². The smallest absolute Gasteiger partial charge is 0.0406 e. The number of para-hydroxylation sites is 1. The SMILES string of the molecule is C#C/C(=C\CCNc1ccccc1)c1ccc(Cl)cc1. The molecular weight excluding hydrogens is 266 g/mol. The van der Waals surface area contributed by atoms with Crippen LogP contribution < -0.4 is 5.32 Å². The molecule has 2 aromatic carbocycles. The van der Waals surface area contributed by atoms with Gasteiger partial charge in [0.15, 0.2) is 0 Å². The monoisotopic (exact) mass is 281 g/mol. The van der Waals surface area contributed by atoms with E-state index in [-0.39, 0.29) is 0 Å². The van der Waals surface area contributed by atoms with Crippen molar-refractivity contribution in [3.05, 3.63) is 71.3 Å². The lowest BCUT2D eigenvalue weighted by Gasteiger charge is -2.05. The molecule has 0 bridgehead atoms. The molecule has 2 heteroatoms. The van der Waals surface area contributed by atoms with Gasteiger partial charge < -0.3 is 5.32 Å². The highest BCUT2D eigenvalue weighted by Crippen LogP contribution is 2.17. The van der Waals surface area contributed by atoms with E-state index in [4.69, 9.17) is 18.0 Å². The van der Waals surface area contributed by atoms with E-state index >= 15 is 0 Å². The van der Waals surface area contributed by atoms with Crippen LogP contribution >= 0.6 is 11.6 Å². The summed E-state index contributed by atoms with van der Waals surface area (Å²) in [5, 5.41) is 4.07. The maximum absolute atomic E-state index is 5.87. The maximum atomic E-state index is 5.87. The minimum atomic E-state index is 0.718. The Morgan fingerprint density at radius 3 is 2.45 bits per heavy atom. The number of benzene rings is 2. The molecule has 0 aliphatic carbocycles. The van der Waals surface area contributed by atoms with Gasteiger partial charge in [-0.15, -0.1) is 6.42 Å². The maximum Gasteiger partial charge on any atom is 0.0406 e. The topological polar surface area (TPSA) is 12.0 Å². The van der Waals surface area contributed by atoms with Gasteiger partial charge in [0.05, 0.1) is 0 Å². The Hall–Kier alpha value is -2.17. The summed E-state index contributed by atoms with van der Waals surface area (Å²) in [7, 11) is 0. The molecule has 1 nitrogen and oxygen atoms in total. The summed E-state index contributed by atoms with van der Waals surface area (Å²) in [6.45, 7) is 0.850. The van der Waals surface area contributed by atoms with Crippen LogP contribution in [0, 0.1) is 12.3 Å². The Kier molecular flexibility index (Phi) is 5.29. The molecule has 20 heavy (non-hydrogen) atoms. The van der Waals surface area contributed by atoms with E-state index in [1.807, 2.05) is 54.6 Å². The molecule has 0 aliphatic heterocycles. The highest BCUT2D eigenvalue weighted by Gasteiger charge is 1.98. The summed E-state index contributed by atoms with van der Waals surface area (Å²) in [5.74, 6) is 2.73. The molecule has 100 valence electrons. The van der Waals surface area contributed by atoms with Gasteiger partial charge in [0, 0.05) is 22.8 Å². The summed E-state index contributed by atoms with van der Waals surface area (Å²) in [4.78, 5) is 0. The number of nitrogens with one attached hydrogen (secondary N) is 1. The Labute approximate surface area is 125 Å². The lowest BCUT2D eigenvalue weighted by atomic mass is 10.1. The van der Waals surface area contributed by atoms with Gasteiger partial charge in [0.2, 0.25) is 0 Å². The van der Waals surface area contributed by atoms with Crippen molar-refractivity contribution in [3.8, 4) is 12.3 Å². The lowest BCUT2D eigenvalue weighted by Crippen LogP contribution is -1.99. The normalized spacial score (nSPS) is 10.9. The first-order valence-corrected chi connectivity index (χ1v) is 6.89. The Bertz CT molecular complexity index is 606. The third-order valence-corrected chi connectivity index (χ3v) is 3.16. The van der Waals surface area contributed by atoms with E-state index in [2.05, 4.69) is 17.3 Å². The first kappa shape index (κ1) is 14.2. The molecule has 0 spiro atoms. The Morgan fingerprint density at radius 1 is 1.10 bits per heavy atom. The molecule has 0 aliphatic rings. The van der Waals surface area contributed by atoms with Crippen LogP contribution in [-0.2, 0) is 0 Å². The van der Waals surface area contributed by atoms with Gasteiger partial charge in [0.25, 0.3) is 0 Å². The fourth-order valence-electron chi connectivity index (χ4n) is 1.88. The van der Waals surface area contributed by atoms with Crippen molar-refractivity contribution in [3.63, 3.8) is 0 Å². The average Bonchev–Trinajstić information content (AvgIpc) is 2.50. The minimum Gasteiger partial charge on any atom is -0.385 e. The molecule has 0 saturated heterocycles. The van der Waals surface area contributed by atoms with E-state index in [0.29, 0.717) is 0 Å². The van der Waals surface area contributed by atoms with Crippen molar-refractivity contribution in [2.75, 3.05) is 11.9 Å². The number of halogens is 1. The zero-order chi connectivity index (χ0) is 14.2. The second-order valence-corrected chi connectivity index (χ2v) is 4.79. The number of anilines is 1. The van der Waals surface area contributed by atoms with Crippen molar-refractivity contribution in [1.29, 1.82) is 0 Å². The molecule has 1 N–H and O–H groups in total. The molecule has 2 rings (SSSR count). The molecule has 0 radical (unpaired) electrons. The molecule has 0 aromatic heterocycles. The zero-order valence-electron chi connectivity index (χ0n) is 11.1. The minimum absolute atomic E-state index is 0.718. The zero-order valence-corrected chi connectivity index (χ0v) is 11.9. The Balaban J connectivity index is 1.92. The highest BCUT2D eigenvalue weighted by molar-refractivity contribution is 6.30. The van der Waals surface area contributed by atoms with Crippen molar-refractivity contribution in [1.82, 2.24) is 0 Å². The van der Waals surface area contributed by atoms with Crippen LogP contribution in [0.15, 0.2) is 60.7 Å². The van der Waals surface area contributed by atoms with Gasteiger partial charge >= 0.3 is 0 Å². The molecule has 0 heterocycles. The van der Waals surface area contributed by atoms with Crippen molar-refractivity contribution < 1.29 is 0 Å². The number of terminal acetylenes is 1. The fourth-order valence-corrected chi connectivity index (χ4v) is 2.00. The molecule has 0 saturated carbocycles. The van der Waals surface area contributed by atoms with E-state index in [9.17, 15) is 0 Å². The van der Waals surface area contributed by atoms with E-state index < -0.39 is 0 Å². The Morgan fingerprint density at radius 2 is 1.80 bits per heavy atom. The first-order valence-electron chi connectivity index (χ1n) is 6.51. The summed E-state index contributed by atoms with van der Waals surface area (Å²) >= 11 is 5.87.